The van der Waals surface area contributed by atoms with Gasteiger partial charge < -0.3 is 14.1 Å². The highest BCUT2D eigenvalue weighted by Crippen LogP contribution is 2.38. The number of esters is 1. The number of allylic oxidation sites excluding steroid dienone is 1. The van der Waals surface area contributed by atoms with Crippen LogP contribution < -0.4 is 0 Å². The van der Waals surface area contributed by atoms with Gasteiger partial charge >= 0.3 is 5.97 Å². The van der Waals surface area contributed by atoms with Crippen molar-refractivity contribution in [2.75, 3.05) is 14.1 Å². The number of likely N-dealkylation sites (N-methyl/N-ethyl adjacent to an activating group) is 1. The number of furan rings is 1. The highest BCUT2D eigenvalue weighted by atomic mass is 16.5. The van der Waals surface area contributed by atoms with Crippen molar-refractivity contribution in [2.24, 2.45) is 5.92 Å². The highest BCUT2D eigenvalue weighted by Gasteiger charge is 2.30. The van der Waals surface area contributed by atoms with Gasteiger partial charge in [0.25, 0.3) is 5.91 Å². The first-order chi connectivity index (χ1) is 14.8. The number of rotatable bonds is 4. The molecule has 0 aliphatic heterocycles. The third-order valence-electron chi connectivity index (χ3n) is 5.55. The molecule has 0 spiro atoms. The normalized spacial score (nSPS) is 17.9. The van der Waals surface area contributed by atoms with Crippen LogP contribution in [0.15, 0.2) is 47.1 Å². The summed E-state index contributed by atoms with van der Waals surface area (Å²) < 4.78 is 11.1. The van der Waals surface area contributed by atoms with Crippen LogP contribution in [0.4, 0.5) is 0 Å². The molecule has 4 rings (SSSR count). The summed E-state index contributed by atoms with van der Waals surface area (Å²) in [6.45, 7) is 3.75. The largest absolute Gasteiger partial charge is 0.465 e. The molecule has 2 heterocycles. The molecule has 3 aromatic rings. The minimum atomic E-state index is -0.871. The molecule has 1 aliphatic rings. The second kappa shape index (κ2) is 8.38. The minimum absolute atomic E-state index is 0.257. The molecule has 1 aromatic carbocycles. The molecule has 2 aromatic heterocycles. The first-order valence-electron chi connectivity index (χ1n) is 10.4. The Morgan fingerprint density at radius 3 is 2.68 bits per heavy atom. The zero-order valence-electron chi connectivity index (χ0n) is 18.2. The number of nitrogens with zero attached hydrogens (tertiary/aromatic N) is 2. The van der Waals surface area contributed by atoms with Gasteiger partial charge in [0.15, 0.2) is 6.10 Å². The van der Waals surface area contributed by atoms with Crippen molar-refractivity contribution in [3.05, 3.63) is 65.2 Å². The van der Waals surface area contributed by atoms with Crippen molar-refractivity contribution in [2.45, 2.75) is 32.8 Å². The van der Waals surface area contributed by atoms with Crippen LogP contribution in [0.25, 0.3) is 22.6 Å². The van der Waals surface area contributed by atoms with Crippen LogP contribution in [0, 0.1) is 5.92 Å². The molecule has 2 atom stereocenters. The Hall–Kier alpha value is -3.41. The van der Waals surface area contributed by atoms with Gasteiger partial charge in [0, 0.05) is 19.5 Å². The van der Waals surface area contributed by atoms with Crippen molar-refractivity contribution in [1.82, 2.24) is 9.88 Å². The Balaban J connectivity index is 1.86. The maximum atomic E-state index is 13.3. The molecule has 0 bridgehead atoms. The number of pyridine rings is 1. The van der Waals surface area contributed by atoms with Crippen LogP contribution in [0.1, 0.15) is 47.6 Å². The van der Waals surface area contributed by atoms with Crippen molar-refractivity contribution in [3.8, 4) is 0 Å². The number of benzene rings is 1. The average molecular weight is 418 g/mol. The molecule has 0 fully saturated rings. The van der Waals surface area contributed by atoms with Gasteiger partial charge in [-0.05, 0) is 61.1 Å². The zero-order chi connectivity index (χ0) is 22.1. The molecule has 1 aliphatic carbocycles. The molecule has 31 heavy (non-hydrogen) atoms. The van der Waals surface area contributed by atoms with Gasteiger partial charge in [-0.2, -0.15) is 0 Å². The standard InChI is InChI=1S/C25H26N2O4/c1-15-12-17(14-18-8-7-11-30-18)23-20(13-15)22(19-9-5-6-10-21(19)26-23)25(29)31-16(2)24(28)27(3)4/h5-11,14-16H,12-13H2,1-4H3/b17-14-/t15-,16+/m1/s1. The second-order valence-electron chi connectivity index (χ2n) is 8.31. The number of carbonyl (C=O) groups excluding carboxylic acids is 2. The molecular formula is C25H26N2O4. The van der Waals surface area contributed by atoms with Gasteiger partial charge in [-0.25, -0.2) is 9.78 Å². The quantitative estimate of drug-likeness (QED) is 0.580. The van der Waals surface area contributed by atoms with Crippen molar-refractivity contribution in [1.29, 1.82) is 0 Å². The Bertz CT molecular complexity index is 1160. The summed E-state index contributed by atoms with van der Waals surface area (Å²) in [5, 5.41) is 0.738. The van der Waals surface area contributed by atoms with E-state index < -0.39 is 12.1 Å². The molecule has 6 heteroatoms. The van der Waals surface area contributed by atoms with E-state index in [-0.39, 0.29) is 5.91 Å². The van der Waals surface area contributed by atoms with E-state index in [0.29, 0.717) is 17.9 Å². The Labute approximate surface area is 181 Å². The molecule has 6 nitrogen and oxygen atoms in total. The van der Waals surface area contributed by atoms with E-state index in [4.69, 9.17) is 14.1 Å². The summed E-state index contributed by atoms with van der Waals surface area (Å²) in [7, 11) is 3.29. The van der Waals surface area contributed by atoms with E-state index in [2.05, 4.69) is 6.92 Å². The van der Waals surface area contributed by atoms with Gasteiger partial charge in [-0.3, -0.25) is 4.79 Å². The van der Waals surface area contributed by atoms with Crippen molar-refractivity contribution >= 4 is 34.4 Å². The lowest BCUT2D eigenvalue weighted by atomic mass is 9.81. The molecule has 1 amide bonds. The summed E-state index contributed by atoms with van der Waals surface area (Å²) in [5.41, 5.74) is 3.91. The van der Waals surface area contributed by atoms with Gasteiger partial charge in [-0.15, -0.1) is 0 Å². The van der Waals surface area contributed by atoms with Crippen molar-refractivity contribution in [3.63, 3.8) is 0 Å². The van der Waals surface area contributed by atoms with E-state index in [0.717, 1.165) is 39.9 Å². The maximum Gasteiger partial charge on any atom is 0.339 e. The smallest absolute Gasteiger partial charge is 0.339 e. The van der Waals surface area contributed by atoms with Crippen LogP contribution >= 0.6 is 0 Å². The Kier molecular flexibility index (Phi) is 5.63. The summed E-state index contributed by atoms with van der Waals surface area (Å²) >= 11 is 0. The number of ether oxygens (including phenoxy) is 1. The van der Waals surface area contributed by atoms with Crippen LogP contribution in [0.2, 0.25) is 0 Å². The van der Waals surface area contributed by atoms with E-state index in [1.165, 1.54) is 4.90 Å². The first kappa shape index (κ1) is 20.8. The van der Waals surface area contributed by atoms with Gasteiger partial charge in [-0.1, -0.05) is 25.1 Å². The van der Waals surface area contributed by atoms with Crippen LogP contribution in [0.5, 0.6) is 0 Å². The monoisotopic (exact) mass is 418 g/mol. The predicted octanol–water partition coefficient (Wildman–Crippen LogP) is 4.58. The van der Waals surface area contributed by atoms with E-state index in [1.807, 2.05) is 42.5 Å². The summed E-state index contributed by atoms with van der Waals surface area (Å²) in [6, 6.07) is 11.3. The van der Waals surface area contributed by atoms with E-state index in [9.17, 15) is 9.59 Å². The fourth-order valence-corrected chi connectivity index (χ4v) is 4.15. The molecular weight excluding hydrogens is 392 g/mol. The lowest BCUT2D eigenvalue weighted by Gasteiger charge is -2.27. The number of aromatic nitrogens is 1. The van der Waals surface area contributed by atoms with Crippen LogP contribution in [0.3, 0.4) is 0 Å². The molecule has 0 saturated carbocycles. The minimum Gasteiger partial charge on any atom is -0.465 e. The first-order valence-corrected chi connectivity index (χ1v) is 10.4. The fourth-order valence-electron chi connectivity index (χ4n) is 4.15. The number of fused-ring (bicyclic) bond motifs is 2. The lowest BCUT2D eigenvalue weighted by molar-refractivity contribution is -0.137. The van der Waals surface area contributed by atoms with Crippen molar-refractivity contribution < 1.29 is 18.7 Å². The summed E-state index contributed by atoms with van der Waals surface area (Å²) in [5.74, 6) is 0.319. The molecule has 0 saturated heterocycles. The number of carbonyl (C=O) groups is 2. The second-order valence-corrected chi connectivity index (χ2v) is 8.31. The number of para-hydroxylation sites is 1. The molecule has 0 N–H and O–H groups in total. The zero-order valence-corrected chi connectivity index (χ0v) is 18.2. The highest BCUT2D eigenvalue weighted by molar-refractivity contribution is 6.07. The average Bonchev–Trinajstić information content (AvgIpc) is 3.24. The van der Waals surface area contributed by atoms with E-state index in [1.54, 1.807) is 27.3 Å². The third-order valence-corrected chi connectivity index (χ3v) is 5.55. The van der Waals surface area contributed by atoms with Crippen LogP contribution in [-0.4, -0.2) is 42.0 Å². The SMILES string of the molecule is C[C@@H]1C/C(=C/c2ccco2)c2nc3ccccc3c(C(=O)O[C@@H](C)C(=O)N(C)C)c2C1. The maximum absolute atomic E-state index is 13.3. The third kappa shape index (κ3) is 4.10. The molecule has 160 valence electrons. The topological polar surface area (TPSA) is 72.6 Å². The Morgan fingerprint density at radius 2 is 1.97 bits per heavy atom. The van der Waals surface area contributed by atoms with Crippen LogP contribution in [-0.2, 0) is 16.0 Å². The molecule has 0 radical (unpaired) electrons. The van der Waals surface area contributed by atoms with Gasteiger partial charge in [0.05, 0.1) is 23.0 Å². The van der Waals surface area contributed by atoms with Gasteiger partial charge in [0.2, 0.25) is 0 Å². The van der Waals surface area contributed by atoms with E-state index >= 15 is 0 Å². The number of hydrogen-bond acceptors (Lipinski definition) is 5. The Morgan fingerprint density at radius 1 is 1.19 bits per heavy atom. The molecule has 0 unspecified atom stereocenters. The van der Waals surface area contributed by atoms with Gasteiger partial charge in [0.1, 0.15) is 5.76 Å². The summed E-state index contributed by atoms with van der Waals surface area (Å²) in [6.07, 6.45) is 4.30. The predicted molar refractivity (Wildman–Crippen MR) is 119 cm³/mol. The lowest BCUT2D eigenvalue weighted by Crippen LogP contribution is -2.35. The number of hydrogen-bond donors (Lipinski definition) is 0. The fraction of sp³-hybridized carbons (Fsp3) is 0.320. The summed E-state index contributed by atoms with van der Waals surface area (Å²) in [4.78, 5) is 31.9. The number of amides is 1.